The molecule has 5 heteroatoms. The average molecular weight is 267 g/mol. The number of rotatable bonds is 3. The van der Waals surface area contributed by atoms with Crippen molar-refractivity contribution in [2.75, 3.05) is 7.11 Å². The molecule has 0 bridgehead atoms. The summed E-state index contributed by atoms with van der Waals surface area (Å²) in [4.78, 5) is 16.6. The molecule has 2 heterocycles. The normalized spacial score (nSPS) is 10.7. The number of carbonyl (C=O) groups excluding carboxylic acids is 1. The number of nitrogens with one attached hydrogen (secondary N) is 1. The van der Waals surface area contributed by atoms with E-state index in [0.717, 1.165) is 22.3 Å². The summed E-state index contributed by atoms with van der Waals surface area (Å²) in [5.41, 5.74) is 2.57. The molecular weight excluding hydrogens is 254 g/mol. The number of ketones is 1. The topological polar surface area (TPSA) is 67.9 Å². The van der Waals surface area contributed by atoms with Gasteiger partial charge >= 0.3 is 0 Å². The van der Waals surface area contributed by atoms with Gasteiger partial charge in [0.25, 0.3) is 0 Å². The highest BCUT2D eigenvalue weighted by molar-refractivity contribution is 6.14. The first-order valence-electron chi connectivity index (χ1n) is 6.18. The van der Waals surface area contributed by atoms with Crippen molar-refractivity contribution in [1.29, 1.82) is 0 Å². The van der Waals surface area contributed by atoms with Gasteiger partial charge in [0.1, 0.15) is 11.4 Å². The molecule has 0 amide bonds. The van der Waals surface area contributed by atoms with Gasteiger partial charge in [0.15, 0.2) is 0 Å². The lowest BCUT2D eigenvalue weighted by Crippen LogP contribution is -2.03. The summed E-state index contributed by atoms with van der Waals surface area (Å²) in [7, 11) is 1.60. The number of aryl methyl sites for hydroxylation is 1. The second-order valence-corrected chi connectivity index (χ2v) is 4.50. The first-order chi connectivity index (χ1) is 9.69. The summed E-state index contributed by atoms with van der Waals surface area (Å²) in [6, 6.07) is 9.01. The third-order valence-electron chi connectivity index (χ3n) is 3.16. The number of H-pyrrole nitrogens is 1. The van der Waals surface area contributed by atoms with Gasteiger partial charge in [-0.25, -0.2) is 0 Å². The van der Waals surface area contributed by atoms with Gasteiger partial charge in [-0.2, -0.15) is 5.10 Å². The monoisotopic (exact) mass is 267 g/mol. The van der Waals surface area contributed by atoms with Crippen LogP contribution in [0.3, 0.4) is 0 Å². The van der Waals surface area contributed by atoms with Crippen molar-refractivity contribution in [3.05, 3.63) is 53.5 Å². The van der Waals surface area contributed by atoms with Gasteiger partial charge in [0.2, 0.25) is 5.78 Å². The second-order valence-electron chi connectivity index (χ2n) is 4.50. The minimum Gasteiger partial charge on any atom is -0.497 e. The van der Waals surface area contributed by atoms with Crippen molar-refractivity contribution in [2.24, 2.45) is 0 Å². The van der Waals surface area contributed by atoms with E-state index in [1.54, 1.807) is 19.4 Å². The highest BCUT2D eigenvalue weighted by atomic mass is 16.5. The van der Waals surface area contributed by atoms with Gasteiger partial charge < -0.3 is 4.74 Å². The van der Waals surface area contributed by atoms with E-state index in [2.05, 4.69) is 15.2 Å². The molecule has 2 aromatic heterocycles. The van der Waals surface area contributed by atoms with Crippen LogP contribution < -0.4 is 4.74 Å². The van der Waals surface area contributed by atoms with Crippen molar-refractivity contribution >= 4 is 16.7 Å². The van der Waals surface area contributed by atoms with E-state index in [1.165, 1.54) is 0 Å². The zero-order valence-electron chi connectivity index (χ0n) is 11.2. The maximum Gasteiger partial charge on any atom is 0.215 e. The van der Waals surface area contributed by atoms with E-state index in [0.29, 0.717) is 11.3 Å². The molecule has 20 heavy (non-hydrogen) atoms. The van der Waals surface area contributed by atoms with Crippen molar-refractivity contribution in [2.45, 2.75) is 6.92 Å². The number of hydrogen-bond acceptors (Lipinski definition) is 4. The van der Waals surface area contributed by atoms with Crippen LogP contribution in [0, 0.1) is 6.92 Å². The van der Waals surface area contributed by atoms with Crippen LogP contribution in [0.4, 0.5) is 0 Å². The zero-order valence-corrected chi connectivity index (χ0v) is 11.2. The summed E-state index contributed by atoms with van der Waals surface area (Å²) in [5, 5.41) is 7.74. The Hall–Kier alpha value is -2.69. The molecule has 0 aliphatic rings. The van der Waals surface area contributed by atoms with E-state index in [-0.39, 0.29) is 5.78 Å². The number of benzene rings is 1. The van der Waals surface area contributed by atoms with Crippen molar-refractivity contribution in [1.82, 2.24) is 15.2 Å². The molecule has 0 aliphatic heterocycles. The Kier molecular flexibility index (Phi) is 2.95. The van der Waals surface area contributed by atoms with Crippen molar-refractivity contribution in [3.8, 4) is 5.75 Å². The number of hydrogen-bond donors (Lipinski definition) is 1. The largest absolute Gasteiger partial charge is 0.497 e. The van der Waals surface area contributed by atoms with Crippen LogP contribution in [0.2, 0.25) is 0 Å². The number of nitrogens with zero attached hydrogens (tertiary/aromatic N) is 2. The van der Waals surface area contributed by atoms with Crippen molar-refractivity contribution < 1.29 is 9.53 Å². The standard InChI is InChI=1S/C15H13N3O2/c1-9-3-4-10(8-16-9)15(19)14-12-6-5-11(20-2)7-13(12)17-18-14/h3-8H,1-2H3,(H,17,18). The quantitative estimate of drug-likeness (QED) is 0.740. The third kappa shape index (κ3) is 2.03. The molecule has 0 atom stereocenters. The summed E-state index contributed by atoms with van der Waals surface area (Å²) >= 11 is 0. The first-order valence-corrected chi connectivity index (χ1v) is 6.18. The van der Waals surface area contributed by atoms with Crippen LogP contribution in [0.1, 0.15) is 21.7 Å². The van der Waals surface area contributed by atoms with Gasteiger partial charge in [-0.05, 0) is 31.2 Å². The van der Waals surface area contributed by atoms with E-state index in [9.17, 15) is 4.79 Å². The third-order valence-corrected chi connectivity index (χ3v) is 3.16. The van der Waals surface area contributed by atoms with Crippen LogP contribution in [-0.2, 0) is 0 Å². The highest BCUT2D eigenvalue weighted by Gasteiger charge is 2.16. The molecular formula is C15H13N3O2. The Morgan fingerprint density at radius 2 is 2.10 bits per heavy atom. The number of aromatic amines is 1. The maximum absolute atomic E-state index is 12.4. The lowest BCUT2D eigenvalue weighted by atomic mass is 10.1. The molecule has 0 unspecified atom stereocenters. The molecule has 3 aromatic rings. The minimum atomic E-state index is -0.145. The molecule has 1 N–H and O–H groups in total. The van der Waals surface area contributed by atoms with Crippen LogP contribution in [-0.4, -0.2) is 28.1 Å². The van der Waals surface area contributed by atoms with E-state index in [4.69, 9.17) is 4.74 Å². The highest BCUT2D eigenvalue weighted by Crippen LogP contribution is 2.23. The first kappa shape index (κ1) is 12.3. The predicted octanol–water partition coefficient (Wildman–Crippen LogP) is 2.51. The van der Waals surface area contributed by atoms with Gasteiger partial charge in [-0.15, -0.1) is 0 Å². The Bertz CT molecular complexity index is 775. The van der Waals surface area contributed by atoms with E-state index < -0.39 is 0 Å². The average Bonchev–Trinajstić information content (AvgIpc) is 2.90. The zero-order chi connectivity index (χ0) is 14.1. The second kappa shape index (κ2) is 4.77. The van der Waals surface area contributed by atoms with E-state index >= 15 is 0 Å². The molecule has 0 aliphatic carbocycles. The molecule has 0 saturated carbocycles. The van der Waals surface area contributed by atoms with E-state index in [1.807, 2.05) is 31.2 Å². The van der Waals surface area contributed by atoms with Gasteiger partial charge in [-0.3, -0.25) is 14.9 Å². The fourth-order valence-electron chi connectivity index (χ4n) is 2.04. The van der Waals surface area contributed by atoms with Crippen LogP contribution in [0.15, 0.2) is 36.5 Å². The smallest absolute Gasteiger partial charge is 0.215 e. The van der Waals surface area contributed by atoms with Crippen LogP contribution in [0.5, 0.6) is 5.75 Å². The molecule has 0 saturated heterocycles. The molecule has 0 radical (unpaired) electrons. The summed E-state index contributed by atoms with van der Waals surface area (Å²) in [6.07, 6.45) is 1.57. The number of fused-ring (bicyclic) bond motifs is 1. The van der Waals surface area contributed by atoms with Crippen molar-refractivity contribution in [3.63, 3.8) is 0 Å². The molecule has 3 rings (SSSR count). The number of aromatic nitrogens is 3. The summed E-state index contributed by atoms with van der Waals surface area (Å²) in [5.74, 6) is 0.575. The SMILES string of the molecule is COc1ccc2c(C(=O)c3ccc(C)nc3)n[nH]c2c1. The van der Waals surface area contributed by atoms with Gasteiger partial charge in [-0.1, -0.05) is 0 Å². The van der Waals surface area contributed by atoms with Gasteiger partial charge in [0.05, 0.1) is 12.6 Å². The number of methoxy groups -OCH3 is 1. The van der Waals surface area contributed by atoms with Crippen LogP contribution >= 0.6 is 0 Å². The minimum absolute atomic E-state index is 0.145. The maximum atomic E-state index is 12.4. The van der Waals surface area contributed by atoms with Gasteiger partial charge in [0, 0.05) is 28.9 Å². The molecule has 0 fully saturated rings. The van der Waals surface area contributed by atoms with Crippen LogP contribution in [0.25, 0.3) is 10.9 Å². The Morgan fingerprint density at radius 3 is 2.80 bits per heavy atom. The molecule has 0 spiro atoms. The Balaban J connectivity index is 2.05. The fraction of sp³-hybridized carbons (Fsp3) is 0.133. The molecule has 5 nitrogen and oxygen atoms in total. The molecule has 100 valence electrons. The predicted molar refractivity (Wildman–Crippen MR) is 75.1 cm³/mol. The Labute approximate surface area is 115 Å². The fourth-order valence-corrected chi connectivity index (χ4v) is 2.04. The lowest BCUT2D eigenvalue weighted by molar-refractivity contribution is 0.103. The number of pyridine rings is 1. The summed E-state index contributed by atoms with van der Waals surface area (Å²) in [6.45, 7) is 1.88. The number of carbonyl (C=O) groups is 1. The number of ether oxygens (including phenoxy) is 1. The Morgan fingerprint density at radius 1 is 1.25 bits per heavy atom. The molecule has 1 aromatic carbocycles. The summed E-state index contributed by atoms with van der Waals surface area (Å²) < 4.78 is 5.15. The lowest BCUT2D eigenvalue weighted by Gasteiger charge is -2.00.